The molecule has 11 heteroatoms. The second kappa shape index (κ2) is 8.56. The Morgan fingerprint density at radius 2 is 1.90 bits per heavy atom. The molecular formula is C20H20ClN3O6S. The maximum Gasteiger partial charge on any atom is 0.261 e. The van der Waals surface area contributed by atoms with Crippen molar-refractivity contribution in [3.8, 4) is 0 Å². The number of amides is 2. The van der Waals surface area contributed by atoms with Crippen LogP contribution in [0.1, 0.15) is 5.76 Å². The van der Waals surface area contributed by atoms with E-state index < -0.39 is 34.0 Å². The van der Waals surface area contributed by atoms with Gasteiger partial charge in [-0.3, -0.25) is 19.3 Å². The summed E-state index contributed by atoms with van der Waals surface area (Å²) in [5.74, 6) is -0.891. The lowest BCUT2D eigenvalue weighted by molar-refractivity contribution is -0.173. The summed E-state index contributed by atoms with van der Waals surface area (Å²) < 4.78 is 32.7. The fourth-order valence-corrected chi connectivity index (χ4v) is 4.77. The molecule has 0 bridgehead atoms. The van der Waals surface area contributed by atoms with Crippen molar-refractivity contribution in [3.05, 3.63) is 59.5 Å². The molecule has 0 spiro atoms. The molecule has 1 aromatic heterocycles. The van der Waals surface area contributed by atoms with E-state index in [-0.39, 0.29) is 23.9 Å². The van der Waals surface area contributed by atoms with E-state index in [9.17, 15) is 18.0 Å². The summed E-state index contributed by atoms with van der Waals surface area (Å²) >= 11 is 5.81. The molecule has 2 aromatic rings. The van der Waals surface area contributed by atoms with Gasteiger partial charge >= 0.3 is 0 Å². The van der Waals surface area contributed by atoms with E-state index in [1.165, 1.54) is 42.6 Å². The monoisotopic (exact) mass is 465 g/mol. The topological polar surface area (TPSA) is 109 Å². The van der Waals surface area contributed by atoms with Crippen molar-refractivity contribution in [2.24, 2.45) is 5.92 Å². The number of rotatable bonds is 7. The molecule has 3 atom stereocenters. The first-order valence-corrected chi connectivity index (χ1v) is 11.4. The number of imide groups is 1. The number of fused-ring (bicyclic) bond motifs is 1. The number of hydroxylamine groups is 2. The third-order valence-corrected chi connectivity index (χ3v) is 6.94. The zero-order valence-corrected chi connectivity index (χ0v) is 18.0. The minimum atomic E-state index is -3.75. The molecule has 2 amide bonds. The first-order valence-electron chi connectivity index (χ1n) is 9.50. The third kappa shape index (κ3) is 4.30. The SMILES string of the molecule is CN1C(=O)[C@@H]2ON(CCNS(=O)(=O)c3ccc(Cl)cc3)C(/C=C/c3ccco3)[C@@H]2C1=O. The summed E-state index contributed by atoms with van der Waals surface area (Å²) in [4.78, 5) is 31.8. The fourth-order valence-electron chi connectivity index (χ4n) is 3.62. The molecule has 2 fully saturated rings. The second-order valence-corrected chi connectivity index (χ2v) is 9.35. The van der Waals surface area contributed by atoms with Gasteiger partial charge in [-0.15, -0.1) is 0 Å². The van der Waals surface area contributed by atoms with Crippen LogP contribution in [-0.2, 0) is 24.4 Å². The van der Waals surface area contributed by atoms with Crippen molar-refractivity contribution in [3.63, 3.8) is 0 Å². The number of hydrogen-bond donors (Lipinski definition) is 1. The zero-order valence-electron chi connectivity index (χ0n) is 16.5. The number of sulfonamides is 1. The van der Waals surface area contributed by atoms with Gasteiger partial charge in [-0.1, -0.05) is 17.7 Å². The van der Waals surface area contributed by atoms with Crippen molar-refractivity contribution < 1.29 is 27.3 Å². The van der Waals surface area contributed by atoms with E-state index in [0.29, 0.717) is 10.8 Å². The van der Waals surface area contributed by atoms with Crippen LogP contribution in [0, 0.1) is 5.92 Å². The van der Waals surface area contributed by atoms with Crippen LogP contribution in [0.25, 0.3) is 6.08 Å². The van der Waals surface area contributed by atoms with Crippen molar-refractivity contribution in [1.82, 2.24) is 14.7 Å². The van der Waals surface area contributed by atoms with Crippen LogP contribution in [0.4, 0.5) is 0 Å². The Balaban J connectivity index is 1.47. The summed E-state index contributed by atoms with van der Waals surface area (Å²) in [5, 5.41) is 1.89. The molecule has 1 unspecified atom stereocenters. The smallest absolute Gasteiger partial charge is 0.261 e. The van der Waals surface area contributed by atoms with E-state index in [1.807, 2.05) is 0 Å². The van der Waals surface area contributed by atoms with E-state index in [1.54, 1.807) is 24.3 Å². The van der Waals surface area contributed by atoms with Crippen LogP contribution in [0.3, 0.4) is 0 Å². The summed E-state index contributed by atoms with van der Waals surface area (Å²) in [7, 11) is -2.33. The highest BCUT2D eigenvalue weighted by Crippen LogP contribution is 2.36. The van der Waals surface area contributed by atoms with Crippen LogP contribution in [-0.4, -0.2) is 62.5 Å². The van der Waals surface area contributed by atoms with Crippen LogP contribution < -0.4 is 4.72 Å². The Morgan fingerprint density at radius 3 is 2.58 bits per heavy atom. The van der Waals surface area contributed by atoms with Crippen LogP contribution >= 0.6 is 11.6 Å². The lowest BCUT2D eigenvalue weighted by Gasteiger charge is -2.23. The molecule has 4 rings (SSSR count). The second-order valence-electron chi connectivity index (χ2n) is 7.14. The van der Waals surface area contributed by atoms with Crippen LogP contribution in [0.2, 0.25) is 5.02 Å². The molecular weight excluding hydrogens is 446 g/mol. The summed E-state index contributed by atoms with van der Waals surface area (Å²) in [6, 6.07) is 8.72. The van der Waals surface area contributed by atoms with E-state index in [0.717, 1.165) is 4.90 Å². The Labute approximate surface area is 184 Å². The number of carbonyl (C=O) groups is 2. The molecule has 9 nitrogen and oxygen atoms in total. The Hall–Kier alpha value is -2.50. The Bertz CT molecular complexity index is 1100. The number of likely N-dealkylation sites (N-methyl/N-ethyl adjacent to an activating group) is 1. The van der Waals surface area contributed by atoms with Gasteiger partial charge in [0.15, 0.2) is 6.10 Å². The summed E-state index contributed by atoms with van der Waals surface area (Å²) in [6.45, 7) is 0.130. The number of halogens is 1. The quantitative estimate of drug-likeness (QED) is 0.617. The van der Waals surface area contributed by atoms with Gasteiger partial charge in [0.05, 0.1) is 23.1 Å². The first kappa shape index (κ1) is 21.7. The zero-order chi connectivity index (χ0) is 22.2. The number of furan rings is 1. The maximum absolute atomic E-state index is 12.6. The van der Waals surface area contributed by atoms with Crippen molar-refractivity contribution in [2.75, 3.05) is 20.1 Å². The average Bonchev–Trinajstić information content (AvgIpc) is 3.42. The molecule has 164 valence electrons. The normalized spacial score (nSPS) is 24.5. The molecule has 31 heavy (non-hydrogen) atoms. The molecule has 1 N–H and O–H groups in total. The molecule has 0 aliphatic carbocycles. The number of nitrogens with one attached hydrogen (secondary N) is 1. The maximum atomic E-state index is 12.6. The molecule has 2 aliphatic rings. The molecule has 1 aromatic carbocycles. The van der Waals surface area contributed by atoms with Crippen molar-refractivity contribution >= 4 is 39.5 Å². The van der Waals surface area contributed by atoms with Gasteiger partial charge in [0.1, 0.15) is 5.76 Å². The van der Waals surface area contributed by atoms with Gasteiger partial charge < -0.3 is 4.42 Å². The number of carbonyl (C=O) groups excluding carboxylic acids is 2. The summed E-state index contributed by atoms with van der Waals surface area (Å²) in [5.41, 5.74) is 0. The number of benzene rings is 1. The summed E-state index contributed by atoms with van der Waals surface area (Å²) in [6.07, 6.45) is 4.00. The van der Waals surface area contributed by atoms with Crippen molar-refractivity contribution in [1.29, 1.82) is 0 Å². The molecule has 2 saturated heterocycles. The highest BCUT2D eigenvalue weighted by atomic mass is 35.5. The number of hydrogen-bond acceptors (Lipinski definition) is 7. The van der Waals surface area contributed by atoms with E-state index >= 15 is 0 Å². The predicted molar refractivity (Wildman–Crippen MR) is 111 cm³/mol. The van der Waals surface area contributed by atoms with Gasteiger partial charge in [0.25, 0.3) is 5.91 Å². The molecule has 0 saturated carbocycles. The molecule has 3 heterocycles. The fraction of sp³-hybridized carbons (Fsp3) is 0.300. The third-order valence-electron chi connectivity index (χ3n) is 5.21. The minimum Gasteiger partial charge on any atom is -0.465 e. The number of nitrogens with zero attached hydrogens (tertiary/aromatic N) is 2. The van der Waals surface area contributed by atoms with Gasteiger partial charge in [-0.25, -0.2) is 13.1 Å². The van der Waals surface area contributed by atoms with Gasteiger partial charge in [0, 0.05) is 25.2 Å². The van der Waals surface area contributed by atoms with Crippen molar-refractivity contribution in [2.45, 2.75) is 17.0 Å². The Kier molecular flexibility index (Phi) is 6.00. The van der Waals surface area contributed by atoms with E-state index in [2.05, 4.69) is 4.72 Å². The van der Waals surface area contributed by atoms with E-state index in [4.69, 9.17) is 20.9 Å². The van der Waals surface area contributed by atoms with Gasteiger partial charge in [-0.05, 0) is 42.5 Å². The van der Waals surface area contributed by atoms with Crippen LogP contribution in [0.5, 0.6) is 0 Å². The number of likely N-dealkylation sites (tertiary alicyclic amines) is 1. The lowest BCUT2D eigenvalue weighted by Crippen LogP contribution is -2.41. The van der Waals surface area contributed by atoms with Crippen LogP contribution in [0.15, 0.2) is 58.1 Å². The largest absolute Gasteiger partial charge is 0.465 e. The minimum absolute atomic E-state index is 0.00765. The average molecular weight is 466 g/mol. The lowest BCUT2D eigenvalue weighted by atomic mass is 9.96. The molecule has 0 radical (unpaired) electrons. The Morgan fingerprint density at radius 1 is 1.16 bits per heavy atom. The van der Waals surface area contributed by atoms with Gasteiger partial charge in [0.2, 0.25) is 15.9 Å². The highest BCUT2D eigenvalue weighted by molar-refractivity contribution is 7.89. The standard InChI is InChI=1S/C20H20ClN3O6S/c1-23-19(25)17-16(9-6-14-3-2-12-29-14)24(30-18(17)20(23)26)11-10-22-31(27,28)15-7-4-13(21)5-8-15/h2-9,12,16-18,22H,10-11H2,1H3/b9-6+/t16?,17-,18+/m0/s1. The predicted octanol–water partition coefficient (Wildman–Crippen LogP) is 1.52. The van der Waals surface area contributed by atoms with Gasteiger partial charge in [-0.2, -0.15) is 5.06 Å². The highest BCUT2D eigenvalue weighted by Gasteiger charge is 2.57. The first-order chi connectivity index (χ1) is 14.8. The molecule has 2 aliphatic heterocycles.